The lowest BCUT2D eigenvalue weighted by atomic mass is 10.2. The number of fused-ring (bicyclic) bond motifs is 1. The van der Waals surface area contributed by atoms with Gasteiger partial charge in [0.1, 0.15) is 0 Å². The number of para-hydroxylation sites is 2. The van der Waals surface area contributed by atoms with Crippen LogP contribution < -0.4 is 5.32 Å². The molecule has 2 heterocycles. The van der Waals surface area contributed by atoms with Gasteiger partial charge in [0, 0.05) is 12.6 Å². The molecular formula is C17H20N4O3S2. The molecule has 1 fully saturated rings. The first-order valence-electron chi connectivity index (χ1n) is 8.39. The Bertz CT molecular complexity index is 962. The fraction of sp³-hybridized carbons (Fsp3) is 0.471. The van der Waals surface area contributed by atoms with E-state index in [0.717, 1.165) is 11.0 Å². The summed E-state index contributed by atoms with van der Waals surface area (Å²) in [5, 5.41) is 12.0. The normalized spacial score (nSPS) is 19.9. The van der Waals surface area contributed by atoms with Crippen LogP contribution in [0.3, 0.4) is 0 Å². The van der Waals surface area contributed by atoms with Gasteiger partial charge in [-0.1, -0.05) is 23.9 Å². The van der Waals surface area contributed by atoms with Crippen LogP contribution in [-0.2, 0) is 21.2 Å². The highest BCUT2D eigenvalue weighted by Gasteiger charge is 2.30. The van der Waals surface area contributed by atoms with Gasteiger partial charge in [-0.15, -0.1) is 0 Å². The summed E-state index contributed by atoms with van der Waals surface area (Å²) in [6, 6.07) is 9.48. The molecule has 0 bridgehead atoms. The lowest BCUT2D eigenvalue weighted by molar-refractivity contribution is -0.120. The molecule has 7 nitrogen and oxygen atoms in total. The second-order valence-electron chi connectivity index (χ2n) is 6.31. The van der Waals surface area contributed by atoms with E-state index in [0.29, 0.717) is 24.5 Å². The van der Waals surface area contributed by atoms with Gasteiger partial charge in [-0.2, -0.15) is 5.26 Å². The molecule has 0 radical (unpaired) electrons. The Kier molecular flexibility index (Phi) is 5.53. The molecule has 1 saturated heterocycles. The molecule has 1 N–H and O–H groups in total. The average Bonchev–Trinajstić information content (AvgIpc) is 3.12. The van der Waals surface area contributed by atoms with E-state index in [1.54, 1.807) is 6.92 Å². The van der Waals surface area contributed by atoms with E-state index in [1.165, 1.54) is 11.8 Å². The number of carbonyl (C=O) groups excluding carboxylic acids is 1. The minimum absolute atomic E-state index is 0.0107. The minimum atomic E-state index is -3.03. The first-order chi connectivity index (χ1) is 12.4. The van der Waals surface area contributed by atoms with E-state index in [2.05, 4.69) is 16.4 Å². The van der Waals surface area contributed by atoms with Gasteiger partial charge in [0.05, 0.1) is 40.3 Å². The van der Waals surface area contributed by atoms with E-state index < -0.39 is 15.1 Å². The monoisotopic (exact) mass is 392 g/mol. The van der Waals surface area contributed by atoms with Crippen molar-refractivity contribution in [3.63, 3.8) is 0 Å². The number of hydrogen-bond donors (Lipinski definition) is 1. The van der Waals surface area contributed by atoms with Crippen LogP contribution >= 0.6 is 11.8 Å². The van der Waals surface area contributed by atoms with Gasteiger partial charge >= 0.3 is 0 Å². The van der Waals surface area contributed by atoms with E-state index in [4.69, 9.17) is 5.26 Å². The zero-order valence-corrected chi connectivity index (χ0v) is 16.0. The molecule has 1 aliphatic rings. The summed E-state index contributed by atoms with van der Waals surface area (Å²) in [4.78, 5) is 17.0. The molecule has 138 valence electrons. The summed E-state index contributed by atoms with van der Waals surface area (Å²) in [7, 11) is -3.03. The van der Waals surface area contributed by atoms with Crippen LogP contribution in [-0.4, -0.2) is 46.7 Å². The minimum Gasteiger partial charge on any atom is -0.351 e. The molecular weight excluding hydrogens is 372 g/mol. The average molecular weight is 393 g/mol. The number of nitrogens with one attached hydrogen (secondary N) is 1. The molecule has 9 heteroatoms. The number of hydrogen-bond acceptors (Lipinski definition) is 6. The lowest BCUT2D eigenvalue weighted by Gasteiger charge is -2.16. The zero-order chi connectivity index (χ0) is 18.7. The number of thioether (sulfide) groups is 1. The molecule has 2 atom stereocenters. The maximum absolute atomic E-state index is 12.4. The largest absolute Gasteiger partial charge is 0.351 e. The number of aromatic nitrogens is 2. The van der Waals surface area contributed by atoms with Crippen LogP contribution in [0.5, 0.6) is 0 Å². The number of carbonyl (C=O) groups is 1. The molecule has 2 aromatic rings. The molecule has 1 aromatic heterocycles. The third kappa shape index (κ3) is 4.19. The SMILES string of the molecule is C[C@H](Sc1nc2ccccc2n1CCC#N)C(=O)N[C@@H]1CCS(=O)(=O)C1. The first-order valence-corrected chi connectivity index (χ1v) is 11.1. The summed E-state index contributed by atoms with van der Waals surface area (Å²) in [6.45, 7) is 2.28. The zero-order valence-electron chi connectivity index (χ0n) is 14.4. The van der Waals surface area contributed by atoms with Crippen LogP contribution in [0, 0.1) is 11.3 Å². The molecule has 0 aliphatic carbocycles. The van der Waals surface area contributed by atoms with E-state index in [-0.39, 0.29) is 23.5 Å². The van der Waals surface area contributed by atoms with Crippen molar-refractivity contribution in [3.05, 3.63) is 24.3 Å². The number of aryl methyl sites for hydroxylation is 1. The smallest absolute Gasteiger partial charge is 0.233 e. The number of nitriles is 1. The summed E-state index contributed by atoms with van der Waals surface area (Å²) in [6.07, 6.45) is 0.820. The van der Waals surface area contributed by atoms with E-state index in [1.807, 2.05) is 28.8 Å². The van der Waals surface area contributed by atoms with Crippen LogP contribution in [0.2, 0.25) is 0 Å². The number of imidazole rings is 1. The van der Waals surface area contributed by atoms with Crippen LogP contribution in [0.4, 0.5) is 0 Å². The van der Waals surface area contributed by atoms with Crippen molar-refractivity contribution in [1.82, 2.24) is 14.9 Å². The number of sulfone groups is 1. The summed E-state index contributed by atoms with van der Waals surface area (Å²) in [5.74, 6) is -0.0590. The number of rotatable bonds is 6. The van der Waals surface area contributed by atoms with Gasteiger partial charge in [-0.25, -0.2) is 13.4 Å². The molecule has 0 saturated carbocycles. The second kappa shape index (κ2) is 7.68. The molecule has 1 amide bonds. The van der Waals surface area contributed by atoms with Crippen LogP contribution in [0.15, 0.2) is 29.4 Å². The van der Waals surface area contributed by atoms with Crippen LogP contribution in [0.1, 0.15) is 19.8 Å². The quantitative estimate of drug-likeness (QED) is 0.751. The Balaban J connectivity index is 1.73. The van der Waals surface area contributed by atoms with Gasteiger partial charge in [0.25, 0.3) is 0 Å². The maximum atomic E-state index is 12.4. The second-order valence-corrected chi connectivity index (χ2v) is 9.85. The number of nitrogens with zero attached hydrogens (tertiary/aromatic N) is 3. The number of benzene rings is 1. The van der Waals surface area contributed by atoms with Crippen molar-refractivity contribution < 1.29 is 13.2 Å². The van der Waals surface area contributed by atoms with Gasteiger partial charge in [-0.3, -0.25) is 4.79 Å². The molecule has 3 rings (SSSR count). The molecule has 1 aliphatic heterocycles. The standard InChI is InChI=1S/C17H20N4O3S2/c1-12(16(22)19-13-7-10-26(23,24)11-13)25-17-20-14-5-2-3-6-15(14)21(17)9-4-8-18/h2-3,5-6,12-13H,4,7,9-11H2,1H3,(H,19,22)/t12-,13+/m0/s1. The summed E-state index contributed by atoms with van der Waals surface area (Å²) < 4.78 is 25.0. The van der Waals surface area contributed by atoms with Crippen molar-refractivity contribution in [3.8, 4) is 6.07 Å². The maximum Gasteiger partial charge on any atom is 0.233 e. The van der Waals surface area contributed by atoms with Crippen molar-refractivity contribution in [1.29, 1.82) is 5.26 Å². The van der Waals surface area contributed by atoms with Gasteiger partial charge in [-0.05, 0) is 25.5 Å². The van der Waals surface area contributed by atoms with Crippen molar-refractivity contribution in [2.75, 3.05) is 11.5 Å². The fourth-order valence-electron chi connectivity index (χ4n) is 2.96. The topological polar surface area (TPSA) is 105 Å². The lowest BCUT2D eigenvalue weighted by Crippen LogP contribution is -2.40. The number of amides is 1. The fourth-order valence-corrected chi connectivity index (χ4v) is 5.59. The van der Waals surface area contributed by atoms with E-state index in [9.17, 15) is 13.2 Å². The Hall–Kier alpha value is -2.05. The molecule has 26 heavy (non-hydrogen) atoms. The molecule has 0 spiro atoms. The highest BCUT2D eigenvalue weighted by molar-refractivity contribution is 8.00. The van der Waals surface area contributed by atoms with Gasteiger partial charge in [0.15, 0.2) is 15.0 Å². The predicted octanol–water partition coefficient (Wildman–Crippen LogP) is 1.73. The third-order valence-electron chi connectivity index (χ3n) is 4.30. The Morgan fingerprint density at radius 1 is 1.50 bits per heavy atom. The highest BCUT2D eigenvalue weighted by Crippen LogP contribution is 2.28. The Morgan fingerprint density at radius 2 is 2.27 bits per heavy atom. The van der Waals surface area contributed by atoms with Crippen LogP contribution in [0.25, 0.3) is 11.0 Å². The first kappa shape index (κ1) is 18.7. The Labute approximate surface area is 156 Å². The molecule has 0 unspecified atom stereocenters. The summed E-state index contributed by atoms with van der Waals surface area (Å²) in [5.41, 5.74) is 1.75. The predicted molar refractivity (Wildman–Crippen MR) is 100 cm³/mol. The molecule has 1 aromatic carbocycles. The van der Waals surface area contributed by atoms with Gasteiger partial charge in [0.2, 0.25) is 5.91 Å². The third-order valence-corrected chi connectivity index (χ3v) is 7.16. The van der Waals surface area contributed by atoms with Crippen molar-refractivity contribution in [2.45, 2.75) is 42.8 Å². The summed E-state index contributed by atoms with van der Waals surface area (Å²) >= 11 is 1.32. The van der Waals surface area contributed by atoms with Crippen molar-refractivity contribution in [2.24, 2.45) is 0 Å². The van der Waals surface area contributed by atoms with Gasteiger partial charge < -0.3 is 9.88 Å². The highest BCUT2D eigenvalue weighted by atomic mass is 32.2. The van der Waals surface area contributed by atoms with E-state index >= 15 is 0 Å². The van der Waals surface area contributed by atoms with Crippen molar-refractivity contribution >= 4 is 38.5 Å². The Morgan fingerprint density at radius 3 is 2.96 bits per heavy atom.